The number of aromatic amines is 1. The second-order valence-corrected chi connectivity index (χ2v) is 7.44. The maximum Gasteiger partial charge on any atom is 0.350 e. The third-order valence-electron chi connectivity index (χ3n) is 5.10. The van der Waals surface area contributed by atoms with Crippen LogP contribution in [0.25, 0.3) is 5.95 Å². The first kappa shape index (κ1) is 24.3. The SMILES string of the molecule is COc1cc(C(Nc2ccc(C(=N)N)cc2)c2nn(-c3ncccn3)c(=O)[nH]2)c(F)cc1OCCO. The van der Waals surface area contributed by atoms with Gasteiger partial charge >= 0.3 is 5.69 Å². The molecule has 1 unspecified atom stereocenters. The molecule has 0 amide bonds. The number of aromatic nitrogens is 5. The lowest BCUT2D eigenvalue weighted by Crippen LogP contribution is -2.18. The van der Waals surface area contributed by atoms with E-state index in [4.69, 9.17) is 25.7 Å². The molecule has 0 spiro atoms. The number of rotatable bonds is 10. The van der Waals surface area contributed by atoms with E-state index in [2.05, 4.69) is 25.4 Å². The van der Waals surface area contributed by atoms with Crippen molar-refractivity contribution in [3.05, 3.63) is 88.1 Å². The number of H-pyrrole nitrogens is 1. The van der Waals surface area contributed by atoms with Crippen LogP contribution in [-0.2, 0) is 0 Å². The van der Waals surface area contributed by atoms with Crippen LogP contribution in [0.1, 0.15) is 23.0 Å². The molecule has 0 aliphatic carbocycles. The van der Waals surface area contributed by atoms with Crippen molar-refractivity contribution in [2.75, 3.05) is 25.6 Å². The van der Waals surface area contributed by atoms with Crippen molar-refractivity contribution < 1.29 is 19.0 Å². The van der Waals surface area contributed by atoms with E-state index in [9.17, 15) is 4.79 Å². The molecule has 2 heterocycles. The third-order valence-corrected chi connectivity index (χ3v) is 5.10. The van der Waals surface area contributed by atoms with Gasteiger partial charge in [-0.1, -0.05) is 0 Å². The van der Waals surface area contributed by atoms with Gasteiger partial charge in [-0.15, -0.1) is 9.78 Å². The van der Waals surface area contributed by atoms with Crippen LogP contribution in [0, 0.1) is 11.2 Å². The molecular weight excluding hydrogens is 471 g/mol. The van der Waals surface area contributed by atoms with Gasteiger partial charge in [-0.2, -0.15) is 0 Å². The number of nitrogens with two attached hydrogens (primary N) is 1. The van der Waals surface area contributed by atoms with Gasteiger partial charge < -0.3 is 25.6 Å². The van der Waals surface area contributed by atoms with E-state index in [1.165, 1.54) is 25.6 Å². The van der Waals surface area contributed by atoms with E-state index in [1.807, 2.05) is 0 Å². The van der Waals surface area contributed by atoms with Gasteiger partial charge in [0.15, 0.2) is 17.3 Å². The molecule has 0 saturated heterocycles. The average Bonchev–Trinajstić information content (AvgIpc) is 3.28. The molecule has 0 bridgehead atoms. The Morgan fingerprint density at radius 3 is 2.61 bits per heavy atom. The lowest BCUT2D eigenvalue weighted by Gasteiger charge is -2.21. The summed E-state index contributed by atoms with van der Waals surface area (Å²) in [4.78, 5) is 23.4. The smallest absolute Gasteiger partial charge is 0.350 e. The van der Waals surface area contributed by atoms with Crippen molar-refractivity contribution in [2.24, 2.45) is 5.73 Å². The highest BCUT2D eigenvalue weighted by Gasteiger charge is 2.26. The number of aliphatic hydroxyl groups is 1. The molecule has 4 aromatic rings. The van der Waals surface area contributed by atoms with E-state index < -0.39 is 17.5 Å². The summed E-state index contributed by atoms with van der Waals surface area (Å²) >= 11 is 0. The molecular formula is C23H23FN8O4. The summed E-state index contributed by atoms with van der Waals surface area (Å²) in [6.45, 7) is -0.304. The van der Waals surface area contributed by atoms with E-state index in [0.29, 0.717) is 11.3 Å². The average molecular weight is 494 g/mol. The first-order chi connectivity index (χ1) is 17.4. The Kier molecular flexibility index (Phi) is 7.20. The van der Waals surface area contributed by atoms with E-state index in [0.717, 1.165) is 10.7 Å². The van der Waals surface area contributed by atoms with E-state index in [1.54, 1.807) is 30.3 Å². The van der Waals surface area contributed by atoms with Crippen molar-refractivity contribution in [1.29, 1.82) is 5.41 Å². The molecule has 0 aliphatic rings. The number of hydrogen-bond acceptors (Lipinski definition) is 9. The molecule has 0 saturated carbocycles. The molecule has 36 heavy (non-hydrogen) atoms. The predicted octanol–water partition coefficient (Wildman–Crippen LogP) is 1.35. The molecule has 0 aliphatic heterocycles. The predicted molar refractivity (Wildman–Crippen MR) is 128 cm³/mol. The number of halogens is 1. The van der Waals surface area contributed by atoms with Crippen molar-refractivity contribution in [3.8, 4) is 17.4 Å². The number of amidine groups is 1. The highest BCUT2D eigenvalue weighted by atomic mass is 19.1. The van der Waals surface area contributed by atoms with Crippen molar-refractivity contribution in [1.82, 2.24) is 24.7 Å². The fraction of sp³-hybridized carbons (Fsp3) is 0.174. The van der Waals surface area contributed by atoms with Gasteiger partial charge in [0, 0.05) is 35.3 Å². The Bertz CT molecular complexity index is 1410. The molecule has 186 valence electrons. The Morgan fingerprint density at radius 2 is 1.97 bits per heavy atom. The number of ether oxygens (including phenoxy) is 2. The van der Waals surface area contributed by atoms with Crippen LogP contribution in [0.15, 0.2) is 59.7 Å². The molecule has 6 N–H and O–H groups in total. The quantitative estimate of drug-likeness (QED) is 0.161. The number of methoxy groups -OCH3 is 1. The highest BCUT2D eigenvalue weighted by molar-refractivity contribution is 5.95. The minimum Gasteiger partial charge on any atom is -0.493 e. The number of anilines is 1. The normalized spacial score (nSPS) is 11.6. The van der Waals surface area contributed by atoms with Gasteiger partial charge in [0.2, 0.25) is 0 Å². The van der Waals surface area contributed by atoms with Gasteiger partial charge in [0.1, 0.15) is 24.3 Å². The Morgan fingerprint density at radius 1 is 1.25 bits per heavy atom. The van der Waals surface area contributed by atoms with Crippen molar-refractivity contribution in [2.45, 2.75) is 6.04 Å². The van der Waals surface area contributed by atoms with Crippen LogP contribution in [0.4, 0.5) is 10.1 Å². The van der Waals surface area contributed by atoms with Gasteiger partial charge in [0.25, 0.3) is 5.95 Å². The number of nitrogens with one attached hydrogen (secondary N) is 3. The first-order valence-corrected chi connectivity index (χ1v) is 10.7. The summed E-state index contributed by atoms with van der Waals surface area (Å²) in [5.41, 5.74) is 6.05. The van der Waals surface area contributed by atoms with Gasteiger partial charge in [-0.25, -0.2) is 19.2 Å². The van der Waals surface area contributed by atoms with Gasteiger partial charge in [0.05, 0.1) is 13.7 Å². The number of nitrogens with zero attached hydrogens (tertiary/aromatic N) is 4. The first-order valence-electron chi connectivity index (χ1n) is 10.7. The van der Waals surface area contributed by atoms with Crippen LogP contribution >= 0.6 is 0 Å². The summed E-state index contributed by atoms with van der Waals surface area (Å²) in [6, 6.07) is 9.73. The van der Waals surface area contributed by atoms with Crippen molar-refractivity contribution in [3.63, 3.8) is 0 Å². The summed E-state index contributed by atoms with van der Waals surface area (Å²) in [6.07, 6.45) is 2.93. The molecule has 4 rings (SSSR count). The van der Waals surface area contributed by atoms with E-state index in [-0.39, 0.29) is 47.9 Å². The number of benzene rings is 2. The zero-order chi connectivity index (χ0) is 25.7. The Balaban J connectivity index is 1.80. The standard InChI is InChI=1S/C23H23FN8O4/c1-35-17-11-15(16(24)12-18(17)36-10-9-33)19(29-14-5-3-13(4-6-14)20(25)26)21-30-23(34)32(31-21)22-27-7-2-8-28-22/h2-8,11-12,19,29,33H,9-10H2,1H3,(H3,25,26)(H,30,31,34). The summed E-state index contributed by atoms with van der Waals surface area (Å²) in [7, 11) is 1.40. The third kappa shape index (κ3) is 5.15. The zero-order valence-corrected chi connectivity index (χ0v) is 19.1. The molecule has 12 nitrogen and oxygen atoms in total. The summed E-state index contributed by atoms with van der Waals surface area (Å²) in [5.74, 6) is -0.333. The topological polar surface area (TPSA) is 177 Å². The largest absolute Gasteiger partial charge is 0.493 e. The lowest BCUT2D eigenvalue weighted by molar-refractivity contribution is 0.196. The summed E-state index contributed by atoms with van der Waals surface area (Å²) in [5, 5.41) is 24.1. The maximum atomic E-state index is 15.4. The van der Waals surface area contributed by atoms with Crippen LogP contribution in [0.3, 0.4) is 0 Å². The molecule has 13 heteroatoms. The minimum absolute atomic E-state index is 0.0420. The second kappa shape index (κ2) is 10.7. The van der Waals surface area contributed by atoms with E-state index >= 15 is 4.39 Å². The van der Waals surface area contributed by atoms with Crippen LogP contribution < -0.4 is 26.2 Å². The van der Waals surface area contributed by atoms with Crippen molar-refractivity contribution >= 4 is 11.5 Å². The number of nitrogen functional groups attached to an aromatic ring is 1. The molecule has 0 fully saturated rings. The number of aliphatic hydroxyl groups excluding tert-OH is 1. The van der Waals surface area contributed by atoms with Crippen LogP contribution in [0.5, 0.6) is 11.5 Å². The molecule has 1 atom stereocenters. The monoisotopic (exact) mass is 494 g/mol. The highest BCUT2D eigenvalue weighted by Crippen LogP contribution is 2.35. The van der Waals surface area contributed by atoms with Crippen LogP contribution in [0.2, 0.25) is 0 Å². The van der Waals surface area contributed by atoms with Gasteiger partial charge in [-0.05, 0) is 36.4 Å². The molecule has 2 aromatic carbocycles. The Hall–Kier alpha value is -4.78. The molecule has 0 radical (unpaired) electrons. The minimum atomic E-state index is -0.994. The fourth-order valence-electron chi connectivity index (χ4n) is 3.41. The fourth-order valence-corrected chi connectivity index (χ4v) is 3.41. The second-order valence-electron chi connectivity index (χ2n) is 7.44. The molecule has 2 aromatic heterocycles. The zero-order valence-electron chi connectivity index (χ0n) is 19.1. The van der Waals surface area contributed by atoms with Gasteiger partial charge in [-0.3, -0.25) is 10.4 Å². The van der Waals surface area contributed by atoms with Crippen LogP contribution in [-0.4, -0.2) is 56.0 Å². The maximum absolute atomic E-state index is 15.4. The Labute approximate surface area is 204 Å². The lowest BCUT2D eigenvalue weighted by atomic mass is 10.0. The summed E-state index contributed by atoms with van der Waals surface area (Å²) < 4.78 is 27.1. The number of hydrogen-bond donors (Lipinski definition) is 5.